The van der Waals surface area contributed by atoms with Gasteiger partial charge in [0.1, 0.15) is 5.82 Å². The summed E-state index contributed by atoms with van der Waals surface area (Å²) in [5.41, 5.74) is 1.26. The monoisotopic (exact) mass is 382 g/mol. The van der Waals surface area contributed by atoms with Crippen molar-refractivity contribution in [3.05, 3.63) is 71.7 Å². The first-order chi connectivity index (χ1) is 13.4. The molecule has 6 nitrogen and oxygen atoms in total. The van der Waals surface area contributed by atoms with Gasteiger partial charge in [-0.2, -0.15) is 0 Å². The number of benzene rings is 2. The number of hydrogen-bond donors (Lipinski definition) is 1. The quantitative estimate of drug-likeness (QED) is 0.824. The van der Waals surface area contributed by atoms with E-state index in [2.05, 4.69) is 5.32 Å². The van der Waals surface area contributed by atoms with Crippen molar-refractivity contribution in [2.75, 3.05) is 17.3 Å². The number of amides is 2. The normalized spacial score (nSPS) is 16.8. The first-order valence-electron chi connectivity index (χ1n) is 8.66. The smallest absolute Gasteiger partial charge is 0.336 e. The van der Waals surface area contributed by atoms with E-state index in [-0.39, 0.29) is 23.6 Å². The maximum Gasteiger partial charge on any atom is 0.336 e. The van der Waals surface area contributed by atoms with Crippen LogP contribution in [-0.2, 0) is 19.1 Å². The molecule has 1 atom stereocenters. The molecule has 28 heavy (non-hydrogen) atoms. The van der Waals surface area contributed by atoms with Crippen LogP contribution < -0.4 is 10.2 Å². The van der Waals surface area contributed by atoms with Crippen LogP contribution >= 0.6 is 0 Å². The predicted octanol–water partition coefficient (Wildman–Crippen LogP) is 3.26. The van der Waals surface area contributed by atoms with Crippen LogP contribution in [0.5, 0.6) is 0 Å². The van der Waals surface area contributed by atoms with Gasteiger partial charge in [0, 0.05) is 23.5 Å². The Labute approximate surface area is 161 Å². The first kappa shape index (κ1) is 19.3. The van der Waals surface area contributed by atoms with Gasteiger partial charge in [0.15, 0.2) is 0 Å². The number of allylic oxidation sites excluding steroid dienone is 1. The van der Waals surface area contributed by atoms with E-state index >= 15 is 0 Å². The summed E-state index contributed by atoms with van der Waals surface area (Å²) in [7, 11) is 1.22. The van der Waals surface area contributed by atoms with Crippen LogP contribution in [0.2, 0.25) is 0 Å². The fourth-order valence-corrected chi connectivity index (χ4v) is 3.26. The van der Waals surface area contributed by atoms with E-state index in [1.165, 1.54) is 30.2 Å². The third kappa shape index (κ3) is 3.78. The van der Waals surface area contributed by atoms with Crippen molar-refractivity contribution in [2.45, 2.75) is 13.3 Å². The molecule has 0 bridgehead atoms. The van der Waals surface area contributed by atoms with Crippen LogP contribution in [0.3, 0.4) is 0 Å². The molecule has 7 heteroatoms. The van der Waals surface area contributed by atoms with Crippen LogP contribution in [0.25, 0.3) is 0 Å². The van der Waals surface area contributed by atoms with E-state index in [0.29, 0.717) is 11.4 Å². The van der Waals surface area contributed by atoms with Crippen molar-refractivity contribution in [1.82, 2.24) is 0 Å². The van der Waals surface area contributed by atoms with Gasteiger partial charge in [-0.05, 0) is 37.3 Å². The largest absolute Gasteiger partial charge is 0.466 e. The molecule has 0 aliphatic carbocycles. The van der Waals surface area contributed by atoms with Gasteiger partial charge in [-0.15, -0.1) is 0 Å². The highest BCUT2D eigenvalue weighted by Crippen LogP contribution is 2.34. The molecular weight excluding hydrogens is 363 g/mol. The average molecular weight is 382 g/mol. The number of anilines is 2. The summed E-state index contributed by atoms with van der Waals surface area (Å²) < 4.78 is 18.2. The van der Waals surface area contributed by atoms with Gasteiger partial charge in [-0.25, -0.2) is 9.18 Å². The second kappa shape index (κ2) is 8.04. The molecule has 1 heterocycles. The molecule has 0 unspecified atom stereocenters. The lowest BCUT2D eigenvalue weighted by Gasteiger charge is -2.33. The SMILES string of the molecule is COC(=O)C1=C(C)N(c2ccccc2)C(=O)C[C@H]1C(=O)Nc1cccc(F)c1. The van der Waals surface area contributed by atoms with Crippen molar-refractivity contribution in [2.24, 2.45) is 5.92 Å². The van der Waals surface area contributed by atoms with Crippen LogP contribution in [0, 0.1) is 11.7 Å². The molecule has 2 amide bonds. The number of hydrogen-bond acceptors (Lipinski definition) is 4. The number of para-hydroxylation sites is 1. The summed E-state index contributed by atoms with van der Waals surface area (Å²) in [5.74, 6) is -3.14. The number of methoxy groups -OCH3 is 1. The third-order valence-corrected chi connectivity index (χ3v) is 4.53. The Kier molecular flexibility index (Phi) is 5.54. The fraction of sp³-hybridized carbons (Fsp3) is 0.190. The van der Waals surface area contributed by atoms with Crippen LogP contribution in [0.15, 0.2) is 65.9 Å². The Bertz CT molecular complexity index is 956. The number of halogens is 1. The number of nitrogens with one attached hydrogen (secondary N) is 1. The topological polar surface area (TPSA) is 75.7 Å². The van der Waals surface area contributed by atoms with Gasteiger partial charge in [0.2, 0.25) is 11.8 Å². The minimum Gasteiger partial charge on any atom is -0.466 e. The summed E-state index contributed by atoms with van der Waals surface area (Å²) in [6, 6.07) is 14.2. The van der Waals surface area contributed by atoms with Crippen LogP contribution in [0.4, 0.5) is 15.8 Å². The van der Waals surface area contributed by atoms with Gasteiger partial charge in [0.25, 0.3) is 0 Å². The van der Waals surface area contributed by atoms with Gasteiger partial charge in [0.05, 0.1) is 18.6 Å². The second-order valence-electron chi connectivity index (χ2n) is 6.31. The molecule has 1 aliphatic rings. The maximum atomic E-state index is 13.4. The highest BCUT2D eigenvalue weighted by Gasteiger charge is 2.40. The number of nitrogens with zero attached hydrogens (tertiary/aromatic N) is 1. The zero-order valence-electron chi connectivity index (χ0n) is 15.4. The zero-order valence-corrected chi connectivity index (χ0v) is 15.4. The minimum absolute atomic E-state index is 0.0971. The summed E-state index contributed by atoms with van der Waals surface area (Å²) in [6.07, 6.45) is -0.210. The van der Waals surface area contributed by atoms with E-state index in [1.54, 1.807) is 31.2 Å². The van der Waals surface area contributed by atoms with Crippen molar-refractivity contribution >= 4 is 29.2 Å². The first-order valence-corrected chi connectivity index (χ1v) is 8.66. The molecule has 0 aromatic heterocycles. The minimum atomic E-state index is -1.04. The summed E-state index contributed by atoms with van der Waals surface area (Å²) in [4.78, 5) is 39.4. The number of ether oxygens (including phenoxy) is 1. The lowest BCUT2D eigenvalue weighted by Crippen LogP contribution is -2.43. The predicted molar refractivity (Wildman–Crippen MR) is 102 cm³/mol. The molecule has 144 valence electrons. The van der Waals surface area contributed by atoms with Crippen molar-refractivity contribution < 1.29 is 23.5 Å². The highest BCUT2D eigenvalue weighted by atomic mass is 19.1. The Morgan fingerprint density at radius 1 is 1.14 bits per heavy atom. The molecular formula is C21H19FN2O4. The second-order valence-corrected chi connectivity index (χ2v) is 6.31. The summed E-state index contributed by atoms with van der Waals surface area (Å²) in [6.45, 7) is 1.60. The van der Waals surface area contributed by atoms with Gasteiger partial charge in [-0.3, -0.25) is 14.5 Å². The molecule has 2 aromatic rings. The Hall–Kier alpha value is -3.48. The molecule has 0 radical (unpaired) electrons. The zero-order chi connectivity index (χ0) is 20.3. The molecule has 1 N–H and O–H groups in total. The van der Waals surface area contributed by atoms with E-state index < -0.39 is 23.6 Å². The van der Waals surface area contributed by atoms with Crippen molar-refractivity contribution in [3.63, 3.8) is 0 Å². The molecule has 0 spiro atoms. The molecule has 1 aliphatic heterocycles. The van der Waals surface area contributed by atoms with E-state index in [4.69, 9.17) is 4.74 Å². The lowest BCUT2D eigenvalue weighted by atomic mass is 9.88. The van der Waals surface area contributed by atoms with E-state index in [0.717, 1.165) is 6.07 Å². The van der Waals surface area contributed by atoms with Crippen LogP contribution in [-0.4, -0.2) is 24.9 Å². The third-order valence-electron chi connectivity index (χ3n) is 4.53. The Balaban J connectivity index is 1.99. The molecule has 0 fully saturated rings. The number of esters is 1. The van der Waals surface area contributed by atoms with Gasteiger partial charge < -0.3 is 10.1 Å². The van der Waals surface area contributed by atoms with Crippen molar-refractivity contribution in [1.29, 1.82) is 0 Å². The average Bonchev–Trinajstić information content (AvgIpc) is 2.68. The number of carbonyl (C=O) groups excluding carboxylic acids is 3. The lowest BCUT2D eigenvalue weighted by molar-refractivity contribution is -0.138. The molecule has 0 saturated heterocycles. The standard InChI is InChI=1S/C21H19FN2O4/c1-13-19(21(27)28-2)17(20(26)23-15-8-6-7-14(22)11-15)12-18(25)24(13)16-9-4-3-5-10-16/h3-11,17H,12H2,1-2H3,(H,23,26)/t17-/m1/s1. The summed E-state index contributed by atoms with van der Waals surface area (Å²) in [5, 5.41) is 2.57. The van der Waals surface area contributed by atoms with Crippen molar-refractivity contribution in [3.8, 4) is 0 Å². The summed E-state index contributed by atoms with van der Waals surface area (Å²) >= 11 is 0. The number of carbonyl (C=O) groups is 3. The molecule has 2 aromatic carbocycles. The number of rotatable bonds is 4. The molecule has 3 rings (SSSR count). The Morgan fingerprint density at radius 3 is 2.50 bits per heavy atom. The van der Waals surface area contributed by atoms with E-state index in [9.17, 15) is 18.8 Å². The van der Waals surface area contributed by atoms with E-state index in [1.807, 2.05) is 6.07 Å². The maximum absolute atomic E-state index is 13.4. The fourth-order valence-electron chi connectivity index (χ4n) is 3.26. The molecule has 0 saturated carbocycles. The van der Waals surface area contributed by atoms with Gasteiger partial charge in [-0.1, -0.05) is 24.3 Å². The van der Waals surface area contributed by atoms with Crippen LogP contribution in [0.1, 0.15) is 13.3 Å². The highest BCUT2D eigenvalue weighted by molar-refractivity contribution is 6.10. The van der Waals surface area contributed by atoms with Gasteiger partial charge >= 0.3 is 5.97 Å². The Morgan fingerprint density at radius 2 is 1.86 bits per heavy atom.